The summed E-state index contributed by atoms with van der Waals surface area (Å²) in [6.07, 6.45) is 2.27. The summed E-state index contributed by atoms with van der Waals surface area (Å²) in [6, 6.07) is 6.92. The van der Waals surface area contributed by atoms with E-state index in [9.17, 15) is 4.39 Å². The van der Waals surface area contributed by atoms with Crippen molar-refractivity contribution >= 4 is 0 Å². The molecular formula is C13H15FN2O. The molecule has 0 bridgehead atoms. The van der Waals surface area contributed by atoms with Crippen LogP contribution in [0.4, 0.5) is 4.39 Å². The van der Waals surface area contributed by atoms with Gasteiger partial charge in [-0.15, -0.1) is 0 Å². The lowest BCUT2D eigenvalue weighted by atomic mass is 10.2. The molecule has 0 saturated heterocycles. The monoisotopic (exact) mass is 234 g/mol. The van der Waals surface area contributed by atoms with Crippen LogP contribution in [0.1, 0.15) is 18.4 Å². The third kappa shape index (κ3) is 3.43. The van der Waals surface area contributed by atoms with E-state index in [1.54, 1.807) is 19.1 Å². The van der Waals surface area contributed by atoms with Crippen molar-refractivity contribution in [3.8, 4) is 11.8 Å². The fourth-order valence-electron chi connectivity index (χ4n) is 1.54. The predicted molar refractivity (Wildman–Crippen MR) is 62.2 cm³/mol. The number of hydrogen-bond donors (Lipinski definition) is 1. The molecule has 0 aliphatic heterocycles. The standard InChI is InChI=1S/C13H15FN2O/c1-9-6-12(4-5-13(9)14)17-8-11(7-15)16-10-2-3-10/h4-6,10-11,16H,2-3,8H2,1H3. The molecule has 0 spiro atoms. The third-order valence-electron chi connectivity index (χ3n) is 2.72. The van der Waals surface area contributed by atoms with E-state index in [2.05, 4.69) is 11.4 Å². The van der Waals surface area contributed by atoms with Gasteiger partial charge in [-0.2, -0.15) is 5.26 Å². The van der Waals surface area contributed by atoms with E-state index in [1.807, 2.05) is 0 Å². The van der Waals surface area contributed by atoms with E-state index < -0.39 is 0 Å². The quantitative estimate of drug-likeness (QED) is 0.849. The summed E-state index contributed by atoms with van der Waals surface area (Å²) in [4.78, 5) is 0. The number of benzene rings is 1. The number of nitriles is 1. The highest BCUT2D eigenvalue weighted by Gasteiger charge is 2.24. The van der Waals surface area contributed by atoms with Gasteiger partial charge in [-0.1, -0.05) is 0 Å². The van der Waals surface area contributed by atoms with Crippen molar-refractivity contribution in [2.45, 2.75) is 31.8 Å². The summed E-state index contributed by atoms with van der Waals surface area (Å²) in [5, 5.41) is 12.1. The van der Waals surface area contributed by atoms with Crippen molar-refractivity contribution in [2.24, 2.45) is 0 Å². The predicted octanol–water partition coefficient (Wildman–Crippen LogP) is 2.16. The van der Waals surface area contributed by atoms with Crippen molar-refractivity contribution in [1.29, 1.82) is 5.26 Å². The molecule has 1 aliphatic carbocycles. The SMILES string of the molecule is Cc1cc(OCC(C#N)NC2CC2)ccc1F. The first-order chi connectivity index (χ1) is 8.19. The second kappa shape index (κ2) is 5.15. The third-order valence-corrected chi connectivity index (χ3v) is 2.72. The smallest absolute Gasteiger partial charge is 0.130 e. The van der Waals surface area contributed by atoms with Gasteiger partial charge >= 0.3 is 0 Å². The van der Waals surface area contributed by atoms with Gasteiger partial charge in [0.25, 0.3) is 0 Å². The fraction of sp³-hybridized carbons (Fsp3) is 0.462. The summed E-state index contributed by atoms with van der Waals surface area (Å²) in [5.41, 5.74) is 0.547. The van der Waals surface area contributed by atoms with Crippen LogP contribution in [0.25, 0.3) is 0 Å². The molecule has 1 aromatic rings. The van der Waals surface area contributed by atoms with Crippen LogP contribution in [0.2, 0.25) is 0 Å². The molecule has 1 saturated carbocycles. The number of rotatable bonds is 5. The molecule has 0 heterocycles. The number of hydrogen-bond acceptors (Lipinski definition) is 3. The molecule has 1 unspecified atom stereocenters. The van der Waals surface area contributed by atoms with Gasteiger partial charge in [-0.05, 0) is 43.5 Å². The molecule has 17 heavy (non-hydrogen) atoms. The highest BCUT2D eigenvalue weighted by Crippen LogP contribution is 2.20. The largest absolute Gasteiger partial charge is 0.491 e. The molecule has 1 N–H and O–H groups in total. The number of ether oxygens (including phenoxy) is 1. The molecule has 4 heteroatoms. The van der Waals surface area contributed by atoms with Gasteiger partial charge in [0.1, 0.15) is 24.2 Å². The zero-order valence-corrected chi connectivity index (χ0v) is 9.74. The minimum atomic E-state index is -0.298. The van der Waals surface area contributed by atoms with Gasteiger partial charge < -0.3 is 4.74 Å². The normalized spacial score (nSPS) is 16.3. The van der Waals surface area contributed by atoms with Crippen LogP contribution in [0, 0.1) is 24.1 Å². The Hall–Kier alpha value is -1.60. The molecule has 90 valence electrons. The Morgan fingerprint density at radius 1 is 1.59 bits per heavy atom. The minimum Gasteiger partial charge on any atom is -0.491 e. The lowest BCUT2D eigenvalue weighted by Gasteiger charge is -2.12. The molecule has 1 atom stereocenters. The van der Waals surface area contributed by atoms with Gasteiger partial charge in [0.05, 0.1) is 6.07 Å². The first kappa shape index (κ1) is 11.9. The Morgan fingerprint density at radius 2 is 2.35 bits per heavy atom. The Labute approximate surface area is 100 Å². The van der Waals surface area contributed by atoms with E-state index >= 15 is 0 Å². The van der Waals surface area contributed by atoms with Crippen molar-refractivity contribution in [1.82, 2.24) is 5.32 Å². The summed E-state index contributed by atoms with van der Waals surface area (Å²) < 4.78 is 18.5. The van der Waals surface area contributed by atoms with E-state index in [0.717, 1.165) is 12.8 Å². The van der Waals surface area contributed by atoms with Crippen LogP contribution >= 0.6 is 0 Å². The summed E-state index contributed by atoms with van der Waals surface area (Å²) >= 11 is 0. The molecule has 1 aromatic carbocycles. The Morgan fingerprint density at radius 3 is 2.94 bits per heavy atom. The van der Waals surface area contributed by atoms with Crippen molar-refractivity contribution in [3.05, 3.63) is 29.6 Å². The zero-order chi connectivity index (χ0) is 12.3. The molecule has 2 rings (SSSR count). The van der Waals surface area contributed by atoms with Crippen molar-refractivity contribution in [2.75, 3.05) is 6.61 Å². The van der Waals surface area contributed by atoms with E-state index in [1.165, 1.54) is 6.07 Å². The van der Waals surface area contributed by atoms with Gasteiger partial charge in [-0.3, -0.25) is 5.32 Å². The van der Waals surface area contributed by atoms with Crippen molar-refractivity contribution in [3.63, 3.8) is 0 Å². The first-order valence-corrected chi connectivity index (χ1v) is 5.73. The minimum absolute atomic E-state index is 0.245. The van der Waals surface area contributed by atoms with Gasteiger partial charge in [0.2, 0.25) is 0 Å². The number of aryl methyl sites for hydroxylation is 1. The Balaban J connectivity index is 1.87. The maximum absolute atomic E-state index is 13.0. The van der Waals surface area contributed by atoms with Crippen LogP contribution in [0.5, 0.6) is 5.75 Å². The number of halogens is 1. The van der Waals surface area contributed by atoms with Crippen LogP contribution in [0.3, 0.4) is 0 Å². The second-order valence-electron chi connectivity index (χ2n) is 4.34. The molecule has 1 aliphatic rings. The van der Waals surface area contributed by atoms with Gasteiger partial charge in [0.15, 0.2) is 0 Å². The highest BCUT2D eigenvalue weighted by molar-refractivity contribution is 5.28. The summed E-state index contributed by atoms with van der Waals surface area (Å²) in [6.45, 7) is 1.98. The molecule has 0 amide bonds. The lowest BCUT2D eigenvalue weighted by molar-refractivity contribution is 0.287. The topological polar surface area (TPSA) is 45.0 Å². The molecule has 1 fully saturated rings. The molecule has 0 radical (unpaired) electrons. The lowest BCUT2D eigenvalue weighted by Crippen LogP contribution is -2.34. The summed E-state index contributed by atoms with van der Waals surface area (Å²) in [5.74, 6) is 0.354. The number of nitrogens with one attached hydrogen (secondary N) is 1. The van der Waals surface area contributed by atoms with Crippen LogP contribution in [-0.2, 0) is 0 Å². The number of nitrogens with zero attached hydrogens (tertiary/aromatic N) is 1. The average Bonchev–Trinajstić information content (AvgIpc) is 3.12. The fourth-order valence-corrected chi connectivity index (χ4v) is 1.54. The first-order valence-electron chi connectivity index (χ1n) is 5.73. The van der Waals surface area contributed by atoms with E-state index in [0.29, 0.717) is 17.4 Å². The molecule has 0 aromatic heterocycles. The van der Waals surface area contributed by atoms with E-state index in [-0.39, 0.29) is 18.5 Å². The molecule has 3 nitrogen and oxygen atoms in total. The maximum Gasteiger partial charge on any atom is 0.130 e. The van der Waals surface area contributed by atoms with Gasteiger partial charge in [-0.25, -0.2) is 4.39 Å². The van der Waals surface area contributed by atoms with Crippen LogP contribution in [0.15, 0.2) is 18.2 Å². The zero-order valence-electron chi connectivity index (χ0n) is 9.74. The highest BCUT2D eigenvalue weighted by atomic mass is 19.1. The van der Waals surface area contributed by atoms with Crippen molar-refractivity contribution < 1.29 is 9.13 Å². The second-order valence-corrected chi connectivity index (χ2v) is 4.34. The summed E-state index contributed by atoms with van der Waals surface area (Å²) in [7, 11) is 0. The Kier molecular flexibility index (Phi) is 3.60. The Bertz CT molecular complexity index is 438. The molecular weight excluding hydrogens is 219 g/mol. The van der Waals surface area contributed by atoms with E-state index in [4.69, 9.17) is 10.00 Å². The maximum atomic E-state index is 13.0. The van der Waals surface area contributed by atoms with Crippen LogP contribution in [-0.4, -0.2) is 18.7 Å². The van der Waals surface area contributed by atoms with Gasteiger partial charge in [0, 0.05) is 6.04 Å². The van der Waals surface area contributed by atoms with Crippen LogP contribution < -0.4 is 10.1 Å². The average molecular weight is 234 g/mol.